The van der Waals surface area contributed by atoms with Crippen LogP contribution in [0.4, 0.5) is 0 Å². The Balaban J connectivity index is 2.03. The second-order valence-corrected chi connectivity index (χ2v) is 7.75. The summed E-state index contributed by atoms with van der Waals surface area (Å²) in [5.74, 6) is -1.49. The smallest absolute Gasteiger partial charge is 0.174 e. The zero-order chi connectivity index (χ0) is 18.7. The van der Waals surface area contributed by atoms with Crippen LogP contribution >= 0.6 is 34.5 Å². The van der Waals surface area contributed by atoms with Gasteiger partial charge >= 0.3 is 0 Å². The van der Waals surface area contributed by atoms with Crippen LogP contribution in [0.5, 0.6) is 0 Å². The molecule has 0 fully saturated rings. The summed E-state index contributed by atoms with van der Waals surface area (Å²) in [4.78, 5) is 17.6. The second kappa shape index (κ2) is 8.10. The van der Waals surface area contributed by atoms with Crippen molar-refractivity contribution in [2.45, 2.75) is 6.10 Å². The number of nitrogens with one attached hydrogen (secondary N) is 1. The first-order chi connectivity index (χ1) is 12.5. The van der Waals surface area contributed by atoms with Crippen molar-refractivity contribution in [3.8, 4) is 0 Å². The molecule has 0 aliphatic rings. The molecule has 1 aromatic carbocycles. The number of thiophene rings is 1. The third-order valence-electron chi connectivity index (χ3n) is 3.88. The number of hydrogen-bond acceptors (Lipinski definition) is 5. The van der Waals surface area contributed by atoms with E-state index >= 15 is 0 Å². The summed E-state index contributed by atoms with van der Waals surface area (Å²) >= 11 is 13.2. The first-order valence-electron chi connectivity index (χ1n) is 7.69. The lowest BCUT2D eigenvalue weighted by molar-refractivity contribution is 0.0793. The van der Waals surface area contributed by atoms with Crippen molar-refractivity contribution in [3.63, 3.8) is 0 Å². The molecule has 3 rings (SSSR count). The number of aliphatic hydroxyl groups excluding tert-OH is 1. The third kappa shape index (κ3) is 4.02. The Kier molecular flexibility index (Phi) is 5.84. The molecular weight excluding hydrogens is 391 g/mol. The minimum atomic E-state index is -1.22. The van der Waals surface area contributed by atoms with Gasteiger partial charge < -0.3 is 10.5 Å². The highest BCUT2D eigenvalue weighted by atomic mass is 35.5. The van der Waals surface area contributed by atoms with Crippen molar-refractivity contribution < 1.29 is 9.90 Å². The maximum Gasteiger partial charge on any atom is 0.174 e. The maximum atomic E-state index is 13.1. The molecule has 0 amide bonds. The van der Waals surface area contributed by atoms with Crippen molar-refractivity contribution in [2.75, 3.05) is 0 Å². The van der Waals surface area contributed by atoms with E-state index < -0.39 is 17.8 Å². The van der Waals surface area contributed by atoms with Crippen LogP contribution in [0.1, 0.15) is 26.9 Å². The van der Waals surface area contributed by atoms with Crippen molar-refractivity contribution in [1.82, 2.24) is 4.98 Å². The lowest BCUT2D eigenvalue weighted by Gasteiger charge is -2.22. The number of ketones is 1. The van der Waals surface area contributed by atoms with E-state index in [1.165, 1.54) is 23.6 Å². The Morgan fingerprint density at radius 2 is 1.96 bits per heavy atom. The number of hydrogen-bond donors (Lipinski definition) is 2. The highest BCUT2D eigenvalue weighted by Gasteiger charge is 2.34. The Bertz CT molecular complexity index is 943. The van der Waals surface area contributed by atoms with Crippen LogP contribution in [0, 0.1) is 11.3 Å². The number of Topliss-reactive ketones (excluding diaryl/α,β-unsaturated/α-hetero) is 1. The molecule has 26 heavy (non-hydrogen) atoms. The minimum Gasteiger partial charge on any atom is -0.387 e. The molecule has 2 N–H and O–H groups in total. The quantitative estimate of drug-likeness (QED) is 0.445. The van der Waals surface area contributed by atoms with E-state index in [0.717, 1.165) is 0 Å². The van der Waals surface area contributed by atoms with E-state index in [-0.39, 0.29) is 5.71 Å². The van der Waals surface area contributed by atoms with E-state index in [4.69, 9.17) is 28.6 Å². The van der Waals surface area contributed by atoms with Gasteiger partial charge in [0.15, 0.2) is 5.78 Å². The van der Waals surface area contributed by atoms with Crippen molar-refractivity contribution in [1.29, 1.82) is 5.41 Å². The van der Waals surface area contributed by atoms with Gasteiger partial charge in [0.1, 0.15) is 0 Å². The van der Waals surface area contributed by atoms with Gasteiger partial charge in [-0.05, 0) is 35.9 Å². The molecular formula is C19H14Cl2N2O2S. The van der Waals surface area contributed by atoms with Gasteiger partial charge in [0.2, 0.25) is 0 Å². The SMILES string of the molecule is N=C(c1ccc(Cl)s1)C(C(=O)c1cccc(Cl)c1)C(O)c1cccnc1. The molecule has 0 saturated carbocycles. The molecule has 2 atom stereocenters. The van der Waals surface area contributed by atoms with Gasteiger partial charge in [-0.25, -0.2) is 0 Å². The predicted octanol–water partition coefficient (Wildman–Crippen LogP) is 5.05. The maximum absolute atomic E-state index is 13.1. The summed E-state index contributed by atoms with van der Waals surface area (Å²) in [6.07, 6.45) is 1.84. The molecule has 2 heterocycles. The summed E-state index contributed by atoms with van der Waals surface area (Å²) in [6.45, 7) is 0. The van der Waals surface area contributed by atoms with Crippen LogP contribution in [0.2, 0.25) is 9.36 Å². The van der Waals surface area contributed by atoms with Crippen LogP contribution in [0.25, 0.3) is 0 Å². The molecule has 0 aliphatic heterocycles. The first kappa shape index (κ1) is 18.7. The Hall–Kier alpha value is -2.05. The second-order valence-electron chi connectivity index (χ2n) is 5.60. The summed E-state index contributed by atoms with van der Waals surface area (Å²) in [7, 11) is 0. The summed E-state index contributed by atoms with van der Waals surface area (Å²) in [5.41, 5.74) is 0.793. The molecule has 0 bridgehead atoms. The third-order valence-corrected chi connectivity index (χ3v) is 5.38. The average molecular weight is 405 g/mol. The van der Waals surface area contributed by atoms with E-state index in [9.17, 15) is 9.90 Å². The molecule has 0 saturated heterocycles. The van der Waals surface area contributed by atoms with E-state index in [0.29, 0.717) is 25.4 Å². The van der Waals surface area contributed by atoms with E-state index in [2.05, 4.69) is 4.98 Å². The Labute approximate surface area is 164 Å². The van der Waals surface area contributed by atoms with Crippen molar-refractivity contribution in [3.05, 3.63) is 86.3 Å². The number of carbonyl (C=O) groups excluding carboxylic acids is 1. The van der Waals surface area contributed by atoms with Crippen LogP contribution < -0.4 is 0 Å². The molecule has 0 spiro atoms. The normalized spacial score (nSPS) is 13.2. The fraction of sp³-hybridized carbons (Fsp3) is 0.105. The number of aromatic nitrogens is 1. The Morgan fingerprint density at radius 1 is 1.15 bits per heavy atom. The number of nitrogens with zero attached hydrogens (tertiary/aromatic N) is 1. The number of halogens is 2. The molecule has 0 radical (unpaired) electrons. The van der Waals surface area contributed by atoms with Crippen LogP contribution in [0.3, 0.4) is 0 Å². The fourth-order valence-electron chi connectivity index (χ4n) is 2.61. The van der Waals surface area contributed by atoms with Gasteiger partial charge in [0.05, 0.1) is 26.9 Å². The molecule has 4 nitrogen and oxygen atoms in total. The number of benzene rings is 1. The van der Waals surface area contributed by atoms with E-state index in [1.807, 2.05) is 0 Å². The van der Waals surface area contributed by atoms with Crippen LogP contribution in [0.15, 0.2) is 60.9 Å². The molecule has 132 valence electrons. The van der Waals surface area contributed by atoms with E-state index in [1.54, 1.807) is 48.7 Å². The molecule has 0 aliphatic carbocycles. The standard InChI is InChI=1S/C19H14Cl2N2O2S/c20-13-5-1-3-11(9-13)18(24)16(17(22)14-6-7-15(21)26-14)19(25)12-4-2-8-23-10-12/h1-10,16,19,22,25H. The topological polar surface area (TPSA) is 74.0 Å². The highest BCUT2D eigenvalue weighted by Crippen LogP contribution is 2.32. The lowest BCUT2D eigenvalue weighted by Crippen LogP contribution is -2.30. The minimum absolute atomic E-state index is 0.00299. The zero-order valence-electron chi connectivity index (χ0n) is 13.4. The van der Waals surface area contributed by atoms with Gasteiger partial charge in [-0.1, -0.05) is 41.4 Å². The van der Waals surface area contributed by atoms with Gasteiger partial charge in [0.25, 0.3) is 0 Å². The fourth-order valence-corrected chi connectivity index (χ4v) is 3.83. The number of carbonyl (C=O) groups is 1. The number of rotatable bonds is 6. The predicted molar refractivity (Wildman–Crippen MR) is 105 cm³/mol. The van der Waals surface area contributed by atoms with Crippen molar-refractivity contribution in [2.24, 2.45) is 5.92 Å². The summed E-state index contributed by atoms with van der Waals surface area (Å²) < 4.78 is 0.509. The van der Waals surface area contributed by atoms with Crippen LogP contribution in [-0.2, 0) is 0 Å². The summed E-state index contributed by atoms with van der Waals surface area (Å²) in [6, 6.07) is 13.1. The average Bonchev–Trinajstić information content (AvgIpc) is 3.09. The molecule has 2 unspecified atom stereocenters. The molecule has 3 aromatic rings. The number of pyridine rings is 1. The molecule has 7 heteroatoms. The Morgan fingerprint density at radius 3 is 2.58 bits per heavy atom. The van der Waals surface area contributed by atoms with Gasteiger partial charge in [-0.3, -0.25) is 9.78 Å². The lowest BCUT2D eigenvalue weighted by atomic mass is 9.85. The zero-order valence-corrected chi connectivity index (χ0v) is 15.7. The molecule has 2 aromatic heterocycles. The van der Waals surface area contributed by atoms with Gasteiger partial charge in [-0.15, -0.1) is 11.3 Å². The summed E-state index contributed by atoms with van der Waals surface area (Å²) in [5, 5.41) is 19.8. The highest BCUT2D eigenvalue weighted by molar-refractivity contribution is 7.18. The first-order valence-corrected chi connectivity index (χ1v) is 9.26. The van der Waals surface area contributed by atoms with Gasteiger partial charge in [-0.2, -0.15) is 0 Å². The van der Waals surface area contributed by atoms with Gasteiger partial charge in [0, 0.05) is 23.0 Å². The van der Waals surface area contributed by atoms with Crippen LogP contribution in [-0.4, -0.2) is 21.6 Å². The largest absolute Gasteiger partial charge is 0.387 e. The van der Waals surface area contributed by atoms with Crippen molar-refractivity contribution >= 4 is 46.0 Å². The monoisotopic (exact) mass is 404 g/mol. The number of aliphatic hydroxyl groups is 1.